The molecule has 2 aliphatic carbocycles. The molecule has 0 bridgehead atoms. The first-order valence-corrected chi connectivity index (χ1v) is 13.6. The number of aromatic hydroxyl groups is 1. The first-order valence-electron chi connectivity index (χ1n) is 12.4. The van der Waals surface area contributed by atoms with Crippen molar-refractivity contribution in [1.82, 2.24) is 0 Å². The van der Waals surface area contributed by atoms with Gasteiger partial charge in [-0.3, -0.25) is 0 Å². The third-order valence-electron chi connectivity index (χ3n) is 7.69. The molecule has 0 amide bonds. The Bertz CT molecular complexity index is 971. The Morgan fingerprint density at radius 1 is 0.939 bits per heavy atom. The highest BCUT2D eigenvalue weighted by Gasteiger charge is 2.30. The summed E-state index contributed by atoms with van der Waals surface area (Å²) in [5, 5.41) is 22.2. The van der Waals surface area contributed by atoms with Crippen molar-refractivity contribution < 1.29 is 14.9 Å². The van der Waals surface area contributed by atoms with Crippen LogP contribution in [0.3, 0.4) is 0 Å². The van der Waals surface area contributed by atoms with Crippen molar-refractivity contribution in [3.05, 3.63) is 42.0 Å². The van der Waals surface area contributed by atoms with Crippen LogP contribution in [0.4, 0.5) is 0 Å². The van der Waals surface area contributed by atoms with Gasteiger partial charge >= 0.3 is 0 Å². The maximum absolute atomic E-state index is 10.5. The monoisotopic (exact) mass is 484 g/mol. The summed E-state index contributed by atoms with van der Waals surface area (Å²) in [5.41, 5.74) is 2.90. The maximum Gasteiger partial charge on any atom is 0.130 e. The standard InChI is InChI=1S/C28H38O3P2/c1-2-3-21-10-14-24(28(33)27(21)30)22-11-15-25(26(32)16-22)31-17-18-4-6-19(7-5-18)20-8-12-23(29)13-9-20/h2-3,10-11,14-16,18-20,23,29-30H,4-9,12-13,17,32-33H2,1H3/b3-2+. The van der Waals surface area contributed by atoms with E-state index in [-0.39, 0.29) is 6.10 Å². The van der Waals surface area contributed by atoms with Gasteiger partial charge in [-0.05, 0) is 99.3 Å². The number of phenols is 1. The van der Waals surface area contributed by atoms with E-state index in [4.69, 9.17) is 4.74 Å². The van der Waals surface area contributed by atoms with E-state index < -0.39 is 0 Å². The van der Waals surface area contributed by atoms with E-state index in [0.29, 0.717) is 11.7 Å². The molecule has 0 aliphatic heterocycles. The zero-order valence-electron chi connectivity index (χ0n) is 19.7. The lowest BCUT2D eigenvalue weighted by Gasteiger charge is -2.36. The highest BCUT2D eigenvalue weighted by atomic mass is 31.0. The van der Waals surface area contributed by atoms with Gasteiger partial charge < -0.3 is 14.9 Å². The Morgan fingerprint density at radius 2 is 1.61 bits per heavy atom. The van der Waals surface area contributed by atoms with Gasteiger partial charge in [0.15, 0.2) is 0 Å². The topological polar surface area (TPSA) is 49.7 Å². The average molecular weight is 485 g/mol. The molecule has 2 aromatic rings. The molecule has 0 heterocycles. The van der Waals surface area contributed by atoms with Gasteiger partial charge in [0.25, 0.3) is 0 Å². The van der Waals surface area contributed by atoms with Crippen LogP contribution in [0.1, 0.15) is 63.9 Å². The predicted octanol–water partition coefficient (Wildman–Crippen LogP) is 5.83. The quantitative estimate of drug-likeness (QED) is 0.508. The summed E-state index contributed by atoms with van der Waals surface area (Å²) in [4.78, 5) is 0. The van der Waals surface area contributed by atoms with Crippen LogP contribution in [-0.4, -0.2) is 22.9 Å². The lowest BCUT2D eigenvalue weighted by molar-refractivity contribution is 0.0725. The maximum atomic E-state index is 10.5. The highest BCUT2D eigenvalue weighted by molar-refractivity contribution is 7.28. The van der Waals surface area contributed by atoms with Crippen molar-refractivity contribution in [2.24, 2.45) is 17.8 Å². The van der Waals surface area contributed by atoms with Gasteiger partial charge in [0.2, 0.25) is 0 Å². The molecule has 0 aromatic heterocycles. The summed E-state index contributed by atoms with van der Waals surface area (Å²) in [7, 11) is 5.49. The van der Waals surface area contributed by atoms with E-state index >= 15 is 0 Å². The molecule has 2 aliphatic rings. The molecule has 2 N–H and O–H groups in total. The Morgan fingerprint density at radius 3 is 2.24 bits per heavy atom. The van der Waals surface area contributed by atoms with Crippen LogP contribution in [0.15, 0.2) is 36.4 Å². The number of hydrogen-bond acceptors (Lipinski definition) is 3. The summed E-state index contributed by atoms with van der Waals surface area (Å²) >= 11 is 0. The first kappa shape index (κ1) is 24.7. The normalized spacial score (nSPS) is 25.9. The molecule has 0 spiro atoms. The SMILES string of the molecule is C/C=C/c1ccc(-c2ccc(OCC3CCC(C4CCC(O)CC4)CC3)c(P)c2)c(P)c1O. The molecule has 5 heteroatoms. The number of benzene rings is 2. The highest BCUT2D eigenvalue weighted by Crippen LogP contribution is 2.40. The number of hydrogen-bond donors (Lipinski definition) is 2. The third-order valence-corrected chi connectivity index (χ3v) is 8.72. The molecule has 2 fully saturated rings. The molecule has 178 valence electrons. The van der Waals surface area contributed by atoms with Crippen LogP contribution >= 0.6 is 18.5 Å². The minimum atomic E-state index is -0.0515. The van der Waals surface area contributed by atoms with Crippen LogP contribution in [0.2, 0.25) is 0 Å². The van der Waals surface area contributed by atoms with Crippen LogP contribution in [-0.2, 0) is 0 Å². The molecule has 2 unspecified atom stereocenters. The first-order chi connectivity index (χ1) is 16.0. The van der Waals surface area contributed by atoms with Gasteiger partial charge in [-0.1, -0.05) is 30.4 Å². The van der Waals surface area contributed by atoms with Gasteiger partial charge in [0, 0.05) is 16.2 Å². The molecule has 0 radical (unpaired) electrons. The minimum Gasteiger partial charge on any atom is -0.507 e. The third kappa shape index (κ3) is 6.00. The summed E-state index contributed by atoms with van der Waals surface area (Å²) in [6.45, 7) is 2.73. The summed E-state index contributed by atoms with van der Waals surface area (Å²) in [6.07, 6.45) is 13.3. The van der Waals surface area contributed by atoms with E-state index in [0.717, 1.165) is 64.3 Å². The van der Waals surface area contributed by atoms with Gasteiger partial charge in [-0.25, -0.2) is 0 Å². The number of aliphatic hydroxyl groups is 1. The number of ether oxygens (including phenoxy) is 1. The number of phenolic OH excluding ortho intramolecular Hbond substituents is 1. The van der Waals surface area contributed by atoms with Crippen molar-refractivity contribution in [3.63, 3.8) is 0 Å². The Balaban J connectivity index is 1.33. The molecule has 2 aromatic carbocycles. The van der Waals surface area contributed by atoms with Gasteiger partial charge in [-0.15, -0.1) is 18.5 Å². The summed E-state index contributed by atoms with van der Waals surface area (Å²) in [6, 6.07) is 10.3. The zero-order chi connectivity index (χ0) is 23.4. The number of allylic oxidation sites excluding steroid dienone is 1. The lowest BCUT2D eigenvalue weighted by Crippen LogP contribution is -2.28. The molecule has 0 saturated heterocycles. The molecule has 4 rings (SSSR count). The van der Waals surface area contributed by atoms with E-state index in [1.54, 1.807) is 0 Å². The Labute approximate surface area is 203 Å². The Kier molecular flexibility index (Phi) is 8.50. The second-order valence-corrected chi connectivity index (χ2v) is 11.1. The summed E-state index contributed by atoms with van der Waals surface area (Å²) < 4.78 is 6.25. The predicted molar refractivity (Wildman–Crippen MR) is 146 cm³/mol. The van der Waals surface area contributed by atoms with E-state index in [1.807, 2.05) is 25.1 Å². The largest absolute Gasteiger partial charge is 0.507 e. The zero-order valence-corrected chi connectivity index (χ0v) is 22.0. The molecule has 33 heavy (non-hydrogen) atoms. The van der Waals surface area contributed by atoms with Crippen molar-refractivity contribution in [3.8, 4) is 22.6 Å². The van der Waals surface area contributed by atoms with E-state index in [9.17, 15) is 10.2 Å². The van der Waals surface area contributed by atoms with E-state index in [2.05, 4.69) is 42.7 Å². The van der Waals surface area contributed by atoms with Crippen molar-refractivity contribution >= 4 is 35.2 Å². The van der Waals surface area contributed by atoms with Gasteiger partial charge in [0.05, 0.1) is 12.7 Å². The van der Waals surface area contributed by atoms with Crippen molar-refractivity contribution in [2.45, 2.75) is 64.4 Å². The van der Waals surface area contributed by atoms with Crippen LogP contribution in [0.5, 0.6) is 11.5 Å². The summed E-state index contributed by atoms with van der Waals surface area (Å²) in [5.74, 6) is 3.54. The minimum absolute atomic E-state index is 0.0515. The fraction of sp³-hybridized carbons (Fsp3) is 0.500. The molecule has 2 atom stereocenters. The fourth-order valence-corrected chi connectivity index (χ4v) is 6.43. The van der Waals surface area contributed by atoms with Crippen LogP contribution in [0, 0.1) is 17.8 Å². The fourth-order valence-electron chi connectivity index (χ4n) is 5.65. The number of rotatable bonds is 6. The number of aliphatic hydroxyl groups excluding tert-OH is 1. The average Bonchev–Trinajstić information content (AvgIpc) is 2.82. The molecule has 3 nitrogen and oxygen atoms in total. The van der Waals surface area contributed by atoms with Gasteiger partial charge in [-0.2, -0.15) is 0 Å². The van der Waals surface area contributed by atoms with E-state index in [1.165, 1.54) is 38.5 Å². The molecular weight excluding hydrogens is 446 g/mol. The van der Waals surface area contributed by atoms with Crippen molar-refractivity contribution in [1.29, 1.82) is 0 Å². The lowest BCUT2D eigenvalue weighted by atomic mass is 9.71. The van der Waals surface area contributed by atoms with Crippen molar-refractivity contribution in [2.75, 3.05) is 6.61 Å². The second kappa shape index (κ2) is 11.4. The molecular formula is C28H38O3P2. The molecule has 2 saturated carbocycles. The van der Waals surface area contributed by atoms with Crippen LogP contribution < -0.4 is 15.3 Å². The Hall–Kier alpha value is -1.40. The smallest absolute Gasteiger partial charge is 0.130 e. The van der Waals surface area contributed by atoms with Gasteiger partial charge in [0.1, 0.15) is 11.5 Å². The van der Waals surface area contributed by atoms with Crippen LogP contribution in [0.25, 0.3) is 17.2 Å². The second-order valence-electron chi connectivity index (χ2n) is 9.88.